The predicted octanol–water partition coefficient (Wildman–Crippen LogP) is 0.886. The number of hydrogen-bond donors (Lipinski definition) is 2. The molecular weight excluding hydrogens is 192 g/mol. The van der Waals surface area contributed by atoms with Crippen LogP contribution >= 0.6 is 0 Å². The van der Waals surface area contributed by atoms with Gasteiger partial charge in [-0.1, -0.05) is 0 Å². The van der Waals surface area contributed by atoms with Gasteiger partial charge in [0.25, 0.3) is 0 Å². The van der Waals surface area contributed by atoms with Crippen LogP contribution in [0.15, 0.2) is 0 Å². The second-order valence-corrected chi connectivity index (χ2v) is 3.72. The molecule has 0 heterocycles. The molecule has 92 valence electrons. The maximum Gasteiger partial charge on any atom is 0.0547 e. The first kappa shape index (κ1) is 14.8. The Balaban J connectivity index is 3.06. The number of nitrogens with two attached hydrogens (primary N) is 2. The number of ether oxygens (including phenoxy) is 2. The highest BCUT2D eigenvalue weighted by molar-refractivity contribution is 4.51. The van der Waals surface area contributed by atoms with Crippen molar-refractivity contribution in [3.63, 3.8) is 0 Å². The van der Waals surface area contributed by atoms with E-state index in [-0.39, 0.29) is 0 Å². The third-order valence-electron chi connectivity index (χ3n) is 2.14. The first-order valence-electron chi connectivity index (χ1n) is 5.90. The molecule has 0 saturated heterocycles. The summed E-state index contributed by atoms with van der Waals surface area (Å²) >= 11 is 0. The van der Waals surface area contributed by atoms with Gasteiger partial charge in [0.2, 0.25) is 0 Å². The molecule has 4 heteroatoms. The second-order valence-electron chi connectivity index (χ2n) is 3.72. The molecule has 0 aromatic carbocycles. The summed E-state index contributed by atoms with van der Waals surface area (Å²) in [6, 6.07) is 0. The van der Waals surface area contributed by atoms with E-state index in [0.717, 1.165) is 45.5 Å². The van der Waals surface area contributed by atoms with Crippen LogP contribution in [0.1, 0.15) is 32.6 Å². The summed E-state index contributed by atoms with van der Waals surface area (Å²) in [6.45, 7) is 5.86. The van der Waals surface area contributed by atoms with Crippen LogP contribution in [0.3, 0.4) is 0 Å². The highest BCUT2D eigenvalue weighted by Gasteiger charge is 2.01. The SMILES string of the molecule is CC(CCCOCCCN)OCCCN. The van der Waals surface area contributed by atoms with Crippen molar-refractivity contribution >= 4 is 0 Å². The van der Waals surface area contributed by atoms with E-state index in [1.807, 2.05) is 0 Å². The fourth-order valence-corrected chi connectivity index (χ4v) is 1.21. The maximum atomic E-state index is 5.55. The molecule has 15 heavy (non-hydrogen) atoms. The topological polar surface area (TPSA) is 70.5 Å². The van der Waals surface area contributed by atoms with E-state index in [1.165, 1.54) is 0 Å². The minimum atomic E-state index is 0.314. The fourth-order valence-electron chi connectivity index (χ4n) is 1.21. The van der Waals surface area contributed by atoms with Gasteiger partial charge in [0.15, 0.2) is 0 Å². The summed E-state index contributed by atoms with van der Waals surface area (Å²) < 4.78 is 10.9. The minimum absolute atomic E-state index is 0.314. The second kappa shape index (κ2) is 11.9. The zero-order valence-electron chi connectivity index (χ0n) is 9.91. The van der Waals surface area contributed by atoms with Gasteiger partial charge < -0.3 is 20.9 Å². The van der Waals surface area contributed by atoms with Crippen LogP contribution in [0.5, 0.6) is 0 Å². The summed E-state index contributed by atoms with van der Waals surface area (Å²) in [5.41, 5.74) is 10.7. The van der Waals surface area contributed by atoms with E-state index in [2.05, 4.69) is 6.92 Å². The zero-order chi connectivity index (χ0) is 11.4. The molecule has 1 unspecified atom stereocenters. The first-order chi connectivity index (χ1) is 7.31. The Labute approximate surface area is 93.3 Å². The third-order valence-corrected chi connectivity index (χ3v) is 2.14. The average molecular weight is 218 g/mol. The summed E-state index contributed by atoms with van der Waals surface area (Å²) in [5, 5.41) is 0. The molecule has 0 rings (SSSR count). The molecule has 0 aromatic rings. The van der Waals surface area contributed by atoms with E-state index >= 15 is 0 Å². The lowest BCUT2D eigenvalue weighted by molar-refractivity contribution is 0.0483. The van der Waals surface area contributed by atoms with E-state index in [4.69, 9.17) is 20.9 Å². The fraction of sp³-hybridized carbons (Fsp3) is 1.00. The average Bonchev–Trinajstić information content (AvgIpc) is 2.23. The lowest BCUT2D eigenvalue weighted by Gasteiger charge is -2.12. The van der Waals surface area contributed by atoms with Crippen LogP contribution < -0.4 is 11.5 Å². The quantitative estimate of drug-likeness (QED) is 0.505. The van der Waals surface area contributed by atoms with Crippen LogP contribution in [-0.4, -0.2) is 39.0 Å². The van der Waals surface area contributed by atoms with E-state index in [9.17, 15) is 0 Å². The molecule has 0 spiro atoms. The smallest absolute Gasteiger partial charge is 0.0547 e. The van der Waals surface area contributed by atoms with Gasteiger partial charge >= 0.3 is 0 Å². The molecule has 0 aromatic heterocycles. The maximum absolute atomic E-state index is 5.55. The zero-order valence-corrected chi connectivity index (χ0v) is 9.91. The lowest BCUT2D eigenvalue weighted by atomic mass is 10.2. The van der Waals surface area contributed by atoms with Crippen LogP contribution in [0.4, 0.5) is 0 Å². The molecule has 1 atom stereocenters. The Morgan fingerprint density at radius 1 is 0.933 bits per heavy atom. The molecule has 4 nitrogen and oxygen atoms in total. The van der Waals surface area contributed by atoms with Crippen molar-refractivity contribution in [1.82, 2.24) is 0 Å². The van der Waals surface area contributed by atoms with Gasteiger partial charge in [-0.3, -0.25) is 0 Å². The molecular formula is C11H26N2O2. The predicted molar refractivity (Wildman–Crippen MR) is 62.8 cm³/mol. The molecule has 0 aliphatic heterocycles. The molecule has 0 bridgehead atoms. The Hall–Kier alpha value is -0.160. The third kappa shape index (κ3) is 11.8. The largest absolute Gasteiger partial charge is 0.381 e. The number of hydrogen-bond acceptors (Lipinski definition) is 4. The van der Waals surface area contributed by atoms with Crippen molar-refractivity contribution in [2.24, 2.45) is 11.5 Å². The molecule has 0 saturated carbocycles. The van der Waals surface area contributed by atoms with Gasteiger partial charge in [-0.2, -0.15) is 0 Å². The van der Waals surface area contributed by atoms with Gasteiger partial charge in [-0.05, 0) is 45.7 Å². The van der Waals surface area contributed by atoms with Crippen LogP contribution in [0, 0.1) is 0 Å². The van der Waals surface area contributed by atoms with Crippen molar-refractivity contribution in [2.45, 2.75) is 38.7 Å². The molecule has 0 aliphatic carbocycles. The minimum Gasteiger partial charge on any atom is -0.381 e. The summed E-state index contributed by atoms with van der Waals surface area (Å²) in [7, 11) is 0. The normalized spacial score (nSPS) is 13.0. The Kier molecular flexibility index (Phi) is 11.8. The summed E-state index contributed by atoms with van der Waals surface area (Å²) in [5.74, 6) is 0. The van der Waals surface area contributed by atoms with Crippen LogP contribution in [-0.2, 0) is 9.47 Å². The molecule has 0 amide bonds. The molecule has 0 radical (unpaired) electrons. The van der Waals surface area contributed by atoms with Gasteiger partial charge in [0.05, 0.1) is 6.10 Å². The van der Waals surface area contributed by atoms with Gasteiger partial charge in [-0.25, -0.2) is 0 Å². The van der Waals surface area contributed by atoms with E-state index in [0.29, 0.717) is 19.2 Å². The van der Waals surface area contributed by atoms with E-state index in [1.54, 1.807) is 0 Å². The Bertz CT molecular complexity index is 123. The lowest BCUT2D eigenvalue weighted by Crippen LogP contribution is -2.13. The van der Waals surface area contributed by atoms with Crippen molar-refractivity contribution < 1.29 is 9.47 Å². The Morgan fingerprint density at radius 2 is 1.53 bits per heavy atom. The monoisotopic (exact) mass is 218 g/mol. The summed E-state index contributed by atoms with van der Waals surface area (Å²) in [4.78, 5) is 0. The van der Waals surface area contributed by atoms with Crippen LogP contribution in [0.25, 0.3) is 0 Å². The first-order valence-corrected chi connectivity index (χ1v) is 5.90. The van der Waals surface area contributed by atoms with Crippen molar-refractivity contribution in [3.05, 3.63) is 0 Å². The van der Waals surface area contributed by atoms with Crippen molar-refractivity contribution in [1.29, 1.82) is 0 Å². The van der Waals surface area contributed by atoms with Gasteiger partial charge in [-0.15, -0.1) is 0 Å². The highest BCUT2D eigenvalue weighted by atomic mass is 16.5. The molecule has 4 N–H and O–H groups in total. The van der Waals surface area contributed by atoms with Crippen molar-refractivity contribution in [2.75, 3.05) is 32.9 Å². The van der Waals surface area contributed by atoms with Crippen LogP contribution in [0.2, 0.25) is 0 Å². The van der Waals surface area contributed by atoms with Gasteiger partial charge in [0.1, 0.15) is 0 Å². The number of rotatable bonds is 11. The van der Waals surface area contributed by atoms with Crippen molar-refractivity contribution in [3.8, 4) is 0 Å². The highest BCUT2D eigenvalue weighted by Crippen LogP contribution is 2.02. The standard InChI is InChI=1S/C11H26N2O2/c1-11(15-10-4-7-13)5-2-8-14-9-3-6-12/h11H,2-10,12-13H2,1H3. The summed E-state index contributed by atoms with van der Waals surface area (Å²) in [6.07, 6.45) is 4.30. The molecule has 0 aliphatic rings. The molecule has 0 fully saturated rings. The van der Waals surface area contributed by atoms with E-state index < -0.39 is 0 Å². The van der Waals surface area contributed by atoms with Gasteiger partial charge in [0, 0.05) is 19.8 Å². The Morgan fingerprint density at radius 3 is 2.20 bits per heavy atom.